The van der Waals surface area contributed by atoms with Crippen molar-refractivity contribution in [3.63, 3.8) is 0 Å². The van der Waals surface area contributed by atoms with Crippen LogP contribution in [0, 0.1) is 6.92 Å². The van der Waals surface area contributed by atoms with Gasteiger partial charge in [-0.3, -0.25) is 0 Å². The lowest BCUT2D eigenvalue weighted by atomic mass is 9.94. The van der Waals surface area contributed by atoms with Gasteiger partial charge in [0.15, 0.2) is 21.3 Å². The molecule has 0 bridgehead atoms. The van der Waals surface area contributed by atoms with Gasteiger partial charge in [-0.15, -0.1) is 0 Å². The van der Waals surface area contributed by atoms with Gasteiger partial charge in [-0.1, -0.05) is 12.1 Å². The van der Waals surface area contributed by atoms with Crippen LogP contribution in [0.5, 0.6) is 5.75 Å². The number of nitrogens with two attached hydrogens (primary N) is 1. The summed E-state index contributed by atoms with van der Waals surface area (Å²) in [5.41, 5.74) is 11.8. The second kappa shape index (κ2) is 7.94. The fourth-order valence-corrected chi connectivity index (χ4v) is 6.43. The van der Waals surface area contributed by atoms with Gasteiger partial charge in [-0.05, 0) is 79.8 Å². The molecule has 1 saturated carbocycles. The zero-order chi connectivity index (χ0) is 23.4. The number of aromatic nitrogens is 1. The van der Waals surface area contributed by atoms with Gasteiger partial charge >= 0.3 is 0 Å². The van der Waals surface area contributed by atoms with Crippen LogP contribution in [0.2, 0.25) is 0 Å². The molecule has 1 aliphatic carbocycles. The molecule has 1 aromatic heterocycles. The molecule has 2 aromatic carbocycles. The highest BCUT2D eigenvalue weighted by Gasteiger charge is 2.43. The first kappa shape index (κ1) is 22.1. The zero-order valence-electron chi connectivity index (χ0n) is 19.3. The van der Waals surface area contributed by atoms with Crippen LogP contribution in [0.1, 0.15) is 24.8 Å². The van der Waals surface area contributed by atoms with E-state index in [1.165, 1.54) is 0 Å². The number of quaternary nitrogens is 1. The quantitative estimate of drug-likeness (QED) is 0.408. The van der Waals surface area contributed by atoms with Crippen molar-refractivity contribution in [2.75, 3.05) is 27.2 Å². The van der Waals surface area contributed by atoms with Gasteiger partial charge in [-0.2, -0.15) is 0 Å². The average molecular weight is 465 g/mol. The van der Waals surface area contributed by atoms with Gasteiger partial charge in [0.05, 0.1) is 42.0 Å². The highest BCUT2D eigenvalue weighted by atomic mass is 32.2. The smallest absolute Gasteiger partial charge is 0.240 e. The van der Waals surface area contributed by atoms with E-state index in [0.717, 1.165) is 64.3 Å². The number of benzene rings is 2. The minimum absolute atomic E-state index is 0.236. The van der Waals surface area contributed by atoms with E-state index in [2.05, 4.69) is 20.2 Å². The maximum absolute atomic E-state index is 12.9. The lowest BCUT2D eigenvalue weighted by Crippen LogP contribution is -2.33. The van der Waals surface area contributed by atoms with E-state index in [-0.39, 0.29) is 5.25 Å². The van der Waals surface area contributed by atoms with Crippen molar-refractivity contribution in [3.8, 4) is 28.0 Å². The summed E-state index contributed by atoms with van der Waals surface area (Å²) < 4.78 is 32.5. The predicted octanol–water partition coefficient (Wildman–Crippen LogP) is 4.60. The Labute approximate surface area is 195 Å². The first-order chi connectivity index (χ1) is 15.7. The summed E-state index contributed by atoms with van der Waals surface area (Å²) in [5, 5.41) is -0.236. The van der Waals surface area contributed by atoms with Crippen LogP contribution < -0.4 is 15.0 Å². The molecular formula is C26H30N3O3S+. The minimum Gasteiger partial charge on any atom is -0.487 e. The molecule has 2 N–H and O–H groups in total. The van der Waals surface area contributed by atoms with Gasteiger partial charge in [0.2, 0.25) is 5.82 Å². The Morgan fingerprint density at radius 2 is 1.91 bits per heavy atom. The fraction of sp³-hybridized carbons (Fsp3) is 0.346. The summed E-state index contributed by atoms with van der Waals surface area (Å²) in [6.07, 6.45) is 4.17. The average Bonchev–Trinajstić information content (AvgIpc) is 3.62. The molecular weight excluding hydrogens is 434 g/mol. The number of pyridine rings is 1. The molecule has 5 rings (SSSR count). The maximum atomic E-state index is 12.9. The van der Waals surface area contributed by atoms with Crippen molar-refractivity contribution in [2.45, 2.75) is 36.3 Å². The van der Waals surface area contributed by atoms with Crippen molar-refractivity contribution in [1.82, 2.24) is 9.47 Å². The van der Waals surface area contributed by atoms with Gasteiger partial charge in [0, 0.05) is 6.20 Å². The number of aryl methyl sites for hydroxylation is 1. The molecule has 0 atom stereocenters. The Morgan fingerprint density at radius 3 is 2.64 bits per heavy atom. The van der Waals surface area contributed by atoms with Crippen molar-refractivity contribution in [1.29, 1.82) is 0 Å². The summed E-state index contributed by atoms with van der Waals surface area (Å²) >= 11 is 0. The van der Waals surface area contributed by atoms with Crippen LogP contribution in [-0.4, -0.2) is 45.9 Å². The third-order valence-electron chi connectivity index (χ3n) is 6.54. The number of ether oxygens (including phenoxy) is 1. The first-order valence-corrected chi connectivity index (χ1v) is 13.0. The highest BCUT2D eigenvalue weighted by Crippen LogP contribution is 2.57. The van der Waals surface area contributed by atoms with Crippen molar-refractivity contribution in [2.24, 2.45) is 5.73 Å². The largest absolute Gasteiger partial charge is 0.487 e. The van der Waals surface area contributed by atoms with E-state index in [1.54, 1.807) is 6.07 Å². The molecule has 0 amide bonds. The molecule has 1 fully saturated rings. The molecule has 3 aromatic rings. The van der Waals surface area contributed by atoms with E-state index in [4.69, 9.17) is 15.5 Å². The topological polar surface area (TPSA) is 82.3 Å². The van der Waals surface area contributed by atoms with Crippen molar-refractivity contribution in [3.05, 3.63) is 54.2 Å². The van der Waals surface area contributed by atoms with Crippen molar-refractivity contribution < 1.29 is 13.2 Å². The van der Waals surface area contributed by atoms with E-state index < -0.39 is 9.84 Å². The molecule has 0 spiro atoms. The Kier molecular flexibility index (Phi) is 5.31. The molecule has 172 valence electrons. The first-order valence-electron chi connectivity index (χ1n) is 11.4. The van der Waals surface area contributed by atoms with Crippen molar-refractivity contribution >= 4 is 21.3 Å². The molecule has 7 heteroatoms. The number of sulfone groups is 1. The van der Waals surface area contributed by atoms with Crippen LogP contribution in [0.25, 0.3) is 22.3 Å². The Bertz CT molecular complexity index is 1340. The molecule has 2 aliphatic rings. The van der Waals surface area contributed by atoms with Gasteiger partial charge in [0.1, 0.15) is 0 Å². The highest BCUT2D eigenvalue weighted by molar-refractivity contribution is 7.92. The lowest BCUT2D eigenvalue weighted by molar-refractivity contribution is 0.308. The molecule has 0 saturated heterocycles. The standard InChI is InChI=1S/C26H30N3O3S/c1-17-14-22-24-21(18-6-4-7-20(15-18)33(30,31)19-8-9-19)10-11-23(32-13-5-12-27)25(24)29(2,3)26(22)28-16-17/h4,6-7,10-11,14-16,19H,5,8-9,12-13,27H2,1-3H3/q+1. The number of hydrogen-bond acceptors (Lipinski definition) is 5. The fourth-order valence-electron chi connectivity index (χ4n) is 4.73. The molecule has 0 unspecified atom stereocenters. The SMILES string of the molecule is Cc1cnc2c(c1)-c1c(-c3cccc(S(=O)(=O)C4CC4)c3)ccc(OCCCN)c1[N+]2(C)C. The van der Waals surface area contributed by atoms with E-state index in [1.807, 2.05) is 43.5 Å². The second-order valence-electron chi connectivity index (χ2n) is 9.44. The third kappa shape index (κ3) is 3.64. The lowest BCUT2D eigenvalue weighted by Gasteiger charge is -2.26. The molecule has 0 radical (unpaired) electrons. The number of fused-ring (bicyclic) bond motifs is 3. The summed E-state index contributed by atoms with van der Waals surface area (Å²) in [6.45, 7) is 3.15. The van der Waals surface area contributed by atoms with Crippen LogP contribution in [-0.2, 0) is 9.84 Å². The predicted molar refractivity (Wildman–Crippen MR) is 133 cm³/mol. The van der Waals surface area contributed by atoms with Gasteiger partial charge < -0.3 is 10.5 Å². The molecule has 6 nitrogen and oxygen atoms in total. The van der Waals surface area contributed by atoms with Crippen LogP contribution >= 0.6 is 0 Å². The Balaban J connectivity index is 1.72. The molecule has 2 heterocycles. The third-order valence-corrected chi connectivity index (χ3v) is 8.81. The summed E-state index contributed by atoms with van der Waals surface area (Å²) in [7, 11) is 0.947. The minimum atomic E-state index is -3.28. The van der Waals surface area contributed by atoms with Gasteiger partial charge in [-0.25, -0.2) is 17.9 Å². The van der Waals surface area contributed by atoms with Crippen LogP contribution in [0.4, 0.5) is 11.5 Å². The Hall–Kier alpha value is -2.74. The number of nitrogens with zero attached hydrogens (tertiary/aromatic N) is 2. The van der Waals surface area contributed by atoms with Gasteiger partial charge in [0.25, 0.3) is 0 Å². The maximum Gasteiger partial charge on any atom is 0.240 e. The normalized spacial score (nSPS) is 16.4. The number of rotatable bonds is 7. The van der Waals surface area contributed by atoms with E-state index in [9.17, 15) is 8.42 Å². The monoisotopic (exact) mass is 464 g/mol. The summed E-state index contributed by atoms with van der Waals surface area (Å²) in [4.78, 5) is 5.18. The molecule has 1 aliphatic heterocycles. The summed E-state index contributed by atoms with van der Waals surface area (Å²) in [6, 6.07) is 13.5. The van der Waals surface area contributed by atoms with Crippen LogP contribution in [0.15, 0.2) is 53.6 Å². The second-order valence-corrected chi connectivity index (χ2v) is 11.7. The summed E-state index contributed by atoms with van der Waals surface area (Å²) in [5.74, 6) is 1.76. The van der Waals surface area contributed by atoms with E-state index >= 15 is 0 Å². The van der Waals surface area contributed by atoms with E-state index in [0.29, 0.717) is 22.5 Å². The zero-order valence-corrected chi connectivity index (χ0v) is 20.2. The molecule has 33 heavy (non-hydrogen) atoms. The van der Waals surface area contributed by atoms with Crippen LogP contribution in [0.3, 0.4) is 0 Å². The number of hydrogen-bond donors (Lipinski definition) is 1. The Morgan fingerprint density at radius 1 is 1.12 bits per heavy atom.